The Morgan fingerprint density at radius 1 is 1.26 bits per heavy atom. The molecule has 0 bridgehead atoms. The predicted molar refractivity (Wildman–Crippen MR) is 77.0 cm³/mol. The van der Waals surface area contributed by atoms with E-state index in [0.29, 0.717) is 30.0 Å². The van der Waals surface area contributed by atoms with E-state index in [2.05, 4.69) is 20.6 Å². The van der Waals surface area contributed by atoms with E-state index >= 15 is 0 Å². The lowest BCUT2D eigenvalue weighted by Crippen LogP contribution is -2.08. The van der Waals surface area contributed by atoms with Gasteiger partial charge in [0.15, 0.2) is 0 Å². The van der Waals surface area contributed by atoms with E-state index in [0.717, 1.165) is 26.0 Å². The standard InChI is InChI=1S/C12H21ClN4O2/c1-14-12-16-9-10(13)11(17-12)15-5-3-4-6-19-8-7-18-2/h9H,3-8H2,1-2H3,(H2,14,15,16,17). The first-order valence-corrected chi connectivity index (χ1v) is 6.66. The average Bonchev–Trinajstić information content (AvgIpc) is 2.43. The summed E-state index contributed by atoms with van der Waals surface area (Å²) in [5.41, 5.74) is 0. The van der Waals surface area contributed by atoms with Gasteiger partial charge in [-0.15, -0.1) is 0 Å². The Balaban J connectivity index is 2.15. The lowest BCUT2D eigenvalue weighted by molar-refractivity contribution is 0.0691. The number of methoxy groups -OCH3 is 1. The van der Waals surface area contributed by atoms with Crippen LogP contribution >= 0.6 is 11.6 Å². The van der Waals surface area contributed by atoms with Crippen LogP contribution in [0, 0.1) is 0 Å². The number of unbranched alkanes of at least 4 members (excludes halogenated alkanes) is 1. The minimum atomic E-state index is 0.523. The van der Waals surface area contributed by atoms with Crippen LogP contribution in [0.5, 0.6) is 0 Å². The summed E-state index contributed by atoms with van der Waals surface area (Å²) < 4.78 is 10.3. The lowest BCUT2D eigenvalue weighted by Gasteiger charge is -2.08. The van der Waals surface area contributed by atoms with E-state index in [1.54, 1.807) is 20.4 Å². The maximum Gasteiger partial charge on any atom is 0.224 e. The molecule has 0 aliphatic rings. The molecule has 1 aromatic heterocycles. The van der Waals surface area contributed by atoms with Gasteiger partial charge < -0.3 is 20.1 Å². The Morgan fingerprint density at radius 2 is 2.11 bits per heavy atom. The molecule has 0 saturated carbocycles. The lowest BCUT2D eigenvalue weighted by atomic mass is 10.3. The highest BCUT2D eigenvalue weighted by Gasteiger charge is 2.03. The van der Waals surface area contributed by atoms with Gasteiger partial charge in [-0.1, -0.05) is 11.6 Å². The summed E-state index contributed by atoms with van der Waals surface area (Å²) in [6, 6.07) is 0. The second-order valence-electron chi connectivity index (χ2n) is 3.88. The number of aromatic nitrogens is 2. The van der Waals surface area contributed by atoms with Gasteiger partial charge in [0, 0.05) is 27.3 Å². The van der Waals surface area contributed by atoms with E-state index in [4.69, 9.17) is 21.1 Å². The van der Waals surface area contributed by atoms with E-state index in [1.165, 1.54) is 0 Å². The third-order valence-corrected chi connectivity index (χ3v) is 2.68. The first-order valence-electron chi connectivity index (χ1n) is 6.28. The van der Waals surface area contributed by atoms with Gasteiger partial charge in [0.05, 0.1) is 19.4 Å². The molecule has 0 aliphatic carbocycles. The van der Waals surface area contributed by atoms with E-state index in [1.807, 2.05) is 0 Å². The molecule has 0 unspecified atom stereocenters. The number of nitrogens with one attached hydrogen (secondary N) is 2. The molecule has 2 N–H and O–H groups in total. The molecular weight excluding hydrogens is 268 g/mol. The number of halogens is 1. The fourth-order valence-corrected chi connectivity index (χ4v) is 1.55. The quantitative estimate of drug-likeness (QED) is 0.642. The molecule has 0 aliphatic heterocycles. The highest BCUT2D eigenvalue weighted by molar-refractivity contribution is 6.32. The SMILES string of the molecule is CNc1ncc(Cl)c(NCCCCOCCOC)n1. The first-order chi connectivity index (χ1) is 9.27. The zero-order valence-corrected chi connectivity index (χ0v) is 12.2. The van der Waals surface area contributed by atoms with Crippen LogP contribution in [-0.2, 0) is 9.47 Å². The molecule has 19 heavy (non-hydrogen) atoms. The normalized spacial score (nSPS) is 10.5. The third kappa shape index (κ3) is 6.56. The Hall–Kier alpha value is -1.11. The van der Waals surface area contributed by atoms with Crippen molar-refractivity contribution in [2.24, 2.45) is 0 Å². The fourth-order valence-electron chi connectivity index (χ4n) is 1.39. The molecule has 1 heterocycles. The smallest absolute Gasteiger partial charge is 0.224 e. The van der Waals surface area contributed by atoms with Gasteiger partial charge in [0.25, 0.3) is 0 Å². The molecule has 0 radical (unpaired) electrons. The molecule has 1 aromatic rings. The molecule has 0 saturated heterocycles. The molecule has 0 atom stereocenters. The largest absolute Gasteiger partial charge is 0.382 e. The summed E-state index contributed by atoms with van der Waals surface area (Å²) in [6.07, 6.45) is 3.55. The van der Waals surface area contributed by atoms with E-state index < -0.39 is 0 Å². The topological polar surface area (TPSA) is 68.3 Å². The molecular formula is C12H21ClN4O2. The van der Waals surface area contributed by atoms with Gasteiger partial charge in [-0.25, -0.2) is 4.98 Å². The summed E-state index contributed by atoms with van der Waals surface area (Å²) in [5.74, 6) is 1.20. The number of anilines is 2. The minimum absolute atomic E-state index is 0.523. The van der Waals surface area contributed by atoms with Crippen molar-refractivity contribution in [3.8, 4) is 0 Å². The summed E-state index contributed by atoms with van der Waals surface area (Å²) >= 11 is 6.00. The van der Waals surface area contributed by atoms with Crippen molar-refractivity contribution in [3.63, 3.8) is 0 Å². The van der Waals surface area contributed by atoms with E-state index in [-0.39, 0.29) is 0 Å². The number of hydrogen-bond donors (Lipinski definition) is 2. The van der Waals surface area contributed by atoms with Gasteiger partial charge in [-0.2, -0.15) is 4.98 Å². The van der Waals surface area contributed by atoms with Crippen molar-refractivity contribution in [2.45, 2.75) is 12.8 Å². The Labute approximate surface area is 118 Å². The average molecular weight is 289 g/mol. The van der Waals surface area contributed by atoms with Crippen molar-refractivity contribution in [1.29, 1.82) is 0 Å². The highest BCUT2D eigenvalue weighted by atomic mass is 35.5. The number of hydrogen-bond acceptors (Lipinski definition) is 6. The van der Waals surface area contributed by atoms with E-state index in [9.17, 15) is 0 Å². The van der Waals surface area contributed by atoms with Gasteiger partial charge in [-0.3, -0.25) is 0 Å². The molecule has 6 nitrogen and oxygen atoms in total. The van der Waals surface area contributed by atoms with Crippen LogP contribution in [-0.4, -0.2) is 50.5 Å². The molecule has 0 fully saturated rings. The number of nitrogens with zero attached hydrogens (tertiary/aromatic N) is 2. The first kappa shape index (κ1) is 15.9. The Morgan fingerprint density at radius 3 is 2.84 bits per heavy atom. The summed E-state index contributed by atoms with van der Waals surface area (Å²) in [6.45, 7) is 2.83. The molecule has 0 amide bonds. The van der Waals surface area contributed by atoms with Crippen LogP contribution < -0.4 is 10.6 Å². The molecule has 7 heteroatoms. The van der Waals surface area contributed by atoms with Crippen LogP contribution in [0.4, 0.5) is 11.8 Å². The molecule has 0 spiro atoms. The van der Waals surface area contributed by atoms with Crippen molar-refractivity contribution in [2.75, 3.05) is 51.2 Å². The van der Waals surface area contributed by atoms with Gasteiger partial charge >= 0.3 is 0 Å². The maximum absolute atomic E-state index is 6.00. The summed E-state index contributed by atoms with van der Waals surface area (Å²) in [5, 5.41) is 6.58. The second-order valence-corrected chi connectivity index (χ2v) is 4.29. The van der Waals surface area contributed by atoms with Crippen LogP contribution in [0.2, 0.25) is 5.02 Å². The fraction of sp³-hybridized carbons (Fsp3) is 0.667. The van der Waals surface area contributed by atoms with Crippen LogP contribution in [0.1, 0.15) is 12.8 Å². The zero-order valence-electron chi connectivity index (χ0n) is 11.4. The van der Waals surface area contributed by atoms with Crippen molar-refractivity contribution >= 4 is 23.4 Å². The van der Waals surface area contributed by atoms with Crippen LogP contribution in [0.25, 0.3) is 0 Å². The van der Waals surface area contributed by atoms with Gasteiger partial charge in [-0.05, 0) is 12.8 Å². The maximum atomic E-state index is 6.00. The Bertz CT molecular complexity index is 366. The monoisotopic (exact) mass is 288 g/mol. The summed E-state index contributed by atoms with van der Waals surface area (Å²) in [7, 11) is 3.43. The third-order valence-electron chi connectivity index (χ3n) is 2.41. The van der Waals surface area contributed by atoms with Crippen LogP contribution in [0.15, 0.2) is 6.20 Å². The summed E-state index contributed by atoms with van der Waals surface area (Å²) in [4.78, 5) is 8.25. The highest BCUT2D eigenvalue weighted by Crippen LogP contribution is 2.18. The minimum Gasteiger partial charge on any atom is -0.382 e. The zero-order chi connectivity index (χ0) is 13.9. The van der Waals surface area contributed by atoms with Crippen molar-refractivity contribution < 1.29 is 9.47 Å². The van der Waals surface area contributed by atoms with Crippen molar-refractivity contribution in [3.05, 3.63) is 11.2 Å². The number of rotatable bonds is 10. The second kappa shape index (κ2) is 9.77. The molecule has 108 valence electrons. The van der Waals surface area contributed by atoms with Gasteiger partial charge in [0.1, 0.15) is 10.8 Å². The number of ether oxygens (including phenoxy) is 2. The van der Waals surface area contributed by atoms with Gasteiger partial charge in [0.2, 0.25) is 5.95 Å². The molecule has 1 rings (SSSR count). The van der Waals surface area contributed by atoms with Crippen molar-refractivity contribution in [1.82, 2.24) is 9.97 Å². The molecule has 0 aromatic carbocycles. The predicted octanol–water partition coefficient (Wildman–Crippen LogP) is 2.03. The van der Waals surface area contributed by atoms with Crippen LogP contribution in [0.3, 0.4) is 0 Å². The Kier molecular flexibility index (Phi) is 8.20.